The number of amides is 3. The first-order valence-electron chi connectivity index (χ1n) is 10.3. The van der Waals surface area contributed by atoms with E-state index < -0.39 is 0 Å². The molecule has 7 heteroatoms. The second kappa shape index (κ2) is 10.3. The van der Waals surface area contributed by atoms with Gasteiger partial charge in [-0.2, -0.15) is 0 Å². The number of likely N-dealkylation sites (tertiary alicyclic amines) is 1. The van der Waals surface area contributed by atoms with Crippen molar-refractivity contribution in [2.45, 2.75) is 26.7 Å². The second-order valence-corrected chi connectivity index (χ2v) is 8.13. The molecule has 3 amide bonds. The van der Waals surface area contributed by atoms with Gasteiger partial charge in [0, 0.05) is 29.4 Å². The van der Waals surface area contributed by atoms with E-state index in [9.17, 15) is 9.59 Å². The minimum Gasteiger partial charge on any atom is -0.492 e. The lowest BCUT2D eigenvalue weighted by Gasteiger charge is -2.30. The predicted octanol–water partition coefficient (Wildman–Crippen LogP) is 4.72. The van der Waals surface area contributed by atoms with Crippen LogP contribution in [0.3, 0.4) is 0 Å². The molecule has 1 heterocycles. The number of halogens is 1. The Morgan fingerprint density at radius 2 is 1.93 bits per heavy atom. The van der Waals surface area contributed by atoms with E-state index >= 15 is 0 Å². The highest BCUT2D eigenvalue weighted by atomic mass is 35.5. The van der Waals surface area contributed by atoms with Crippen LogP contribution < -0.4 is 15.4 Å². The van der Waals surface area contributed by atoms with Crippen LogP contribution in [0.1, 0.15) is 35.7 Å². The smallest absolute Gasteiger partial charge is 0.319 e. The summed E-state index contributed by atoms with van der Waals surface area (Å²) in [6, 6.07) is 12.2. The standard InChI is InChI=1S/C23H28ClN3O3/c1-16-8-11-27(12-9-16)22(28)18-6-7-21(17(2)14-18)26-23(29)25-10-13-30-20-5-3-4-19(24)15-20/h3-7,14-16H,8-13H2,1-2H3,(H2,25,26,29). The van der Waals surface area contributed by atoms with Gasteiger partial charge in [-0.15, -0.1) is 0 Å². The zero-order valence-electron chi connectivity index (χ0n) is 17.4. The third-order valence-electron chi connectivity index (χ3n) is 5.24. The van der Waals surface area contributed by atoms with Crippen LogP contribution in [-0.2, 0) is 0 Å². The first-order chi connectivity index (χ1) is 14.4. The molecule has 6 nitrogen and oxygen atoms in total. The summed E-state index contributed by atoms with van der Waals surface area (Å²) in [6.07, 6.45) is 2.09. The van der Waals surface area contributed by atoms with Crippen LogP contribution in [0.5, 0.6) is 5.75 Å². The van der Waals surface area contributed by atoms with E-state index in [0.29, 0.717) is 41.1 Å². The fourth-order valence-corrected chi connectivity index (χ4v) is 3.57. The van der Waals surface area contributed by atoms with Gasteiger partial charge in [-0.05, 0) is 67.6 Å². The van der Waals surface area contributed by atoms with Gasteiger partial charge in [-0.3, -0.25) is 4.79 Å². The summed E-state index contributed by atoms with van der Waals surface area (Å²) >= 11 is 5.91. The summed E-state index contributed by atoms with van der Waals surface area (Å²) in [7, 11) is 0. The maximum absolute atomic E-state index is 12.7. The van der Waals surface area contributed by atoms with Crippen molar-refractivity contribution < 1.29 is 14.3 Å². The Kier molecular flexibility index (Phi) is 7.57. The van der Waals surface area contributed by atoms with Crippen molar-refractivity contribution >= 4 is 29.2 Å². The van der Waals surface area contributed by atoms with Gasteiger partial charge in [-0.1, -0.05) is 24.6 Å². The molecule has 1 aliphatic rings. The number of benzene rings is 2. The molecule has 0 radical (unpaired) electrons. The molecule has 2 aromatic rings. The van der Waals surface area contributed by atoms with Crippen LogP contribution >= 0.6 is 11.6 Å². The van der Waals surface area contributed by atoms with Crippen molar-refractivity contribution in [3.63, 3.8) is 0 Å². The first kappa shape index (κ1) is 22.0. The highest BCUT2D eigenvalue weighted by Gasteiger charge is 2.21. The average molecular weight is 430 g/mol. The van der Waals surface area contributed by atoms with Crippen molar-refractivity contribution in [1.82, 2.24) is 10.2 Å². The van der Waals surface area contributed by atoms with E-state index in [1.54, 1.807) is 30.3 Å². The zero-order chi connectivity index (χ0) is 21.5. The fraction of sp³-hybridized carbons (Fsp3) is 0.391. The van der Waals surface area contributed by atoms with Crippen molar-refractivity contribution in [2.24, 2.45) is 5.92 Å². The summed E-state index contributed by atoms with van der Waals surface area (Å²) in [5, 5.41) is 6.17. The Morgan fingerprint density at radius 3 is 2.63 bits per heavy atom. The van der Waals surface area contributed by atoms with Crippen LogP contribution in [0.4, 0.5) is 10.5 Å². The Balaban J connectivity index is 1.46. The Morgan fingerprint density at radius 1 is 1.17 bits per heavy atom. The molecule has 2 N–H and O–H groups in total. The number of piperidine rings is 1. The number of carbonyl (C=O) groups is 2. The maximum Gasteiger partial charge on any atom is 0.319 e. The number of hydrogen-bond donors (Lipinski definition) is 2. The number of carbonyl (C=O) groups excluding carboxylic acids is 2. The molecule has 0 spiro atoms. The van der Waals surface area contributed by atoms with Gasteiger partial charge in [0.2, 0.25) is 0 Å². The van der Waals surface area contributed by atoms with Crippen LogP contribution in [0.15, 0.2) is 42.5 Å². The topological polar surface area (TPSA) is 70.7 Å². The number of nitrogens with zero attached hydrogens (tertiary/aromatic N) is 1. The van der Waals surface area contributed by atoms with Gasteiger partial charge in [0.15, 0.2) is 0 Å². The first-order valence-corrected chi connectivity index (χ1v) is 10.6. The molecule has 1 saturated heterocycles. The van der Waals surface area contributed by atoms with Crippen molar-refractivity contribution in [1.29, 1.82) is 0 Å². The van der Waals surface area contributed by atoms with Crippen LogP contribution in [0.2, 0.25) is 5.02 Å². The normalized spacial score (nSPS) is 14.3. The molecule has 0 bridgehead atoms. The van der Waals surface area contributed by atoms with Crippen LogP contribution in [0.25, 0.3) is 0 Å². The van der Waals surface area contributed by atoms with E-state index in [0.717, 1.165) is 31.5 Å². The Hall–Kier alpha value is -2.73. The summed E-state index contributed by atoms with van der Waals surface area (Å²) in [5.41, 5.74) is 2.17. The summed E-state index contributed by atoms with van der Waals surface area (Å²) in [6.45, 7) is 6.39. The van der Waals surface area contributed by atoms with E-state index in [1.165, 1.54) is 0 Å². The third-order valence-corrected chi connectivity index (χ3v) is 5.48. The highest BCUT2D eigenvalue weighted by Crippen LogP contribution is 2.21. The molecule has 160 valence electrons. The summed E-state index contributed by atoms with van der Waals surface area (Å²) in [4.78, 5) is 26.8. The fourth-order valence-electron chi connectivity index (χ4n) is 3.39. The largest absolute Gasteiger partial charge is 0.492 e. The highest BCUT2D eigenvalue weighted by molar-refractivity contribution is 6.30. The molecule has 3 rings (SSSR count). The minimum atomic E-state index is -0.322. The molecule has 2 aromatic carbocycles. The minimum absolute atomic E-state index is 0.0548. The van der Waals surface area contributed by atoms with Crippen LogP contribution in [-0.4, -0.2) is 43.1 Å². The monoisotopic (exact) mass is 429 g/mol. The van der Waals surface area contributed by atoms with E-state index in [1.807, 2.05) is 24.0 Å². The van der Waals surface area contributed by atoms with Crippen molar-refractivity contribution in [3.8, 4) is 5.75 Å². The van der Waals surface area contributed by atoms with E-state index in [-0.39, 0.29) is 11.9 Å². The summed E-state index contributed by atoms with van der Waals surface area (Å²) in [5.74, 6) is 1.39. The number of nitrogens with one attached hydrogen (secondary N) is 2. The van der Waals surface area contributed by atoms with E-state index in [2.05, 4.69) is 17.6 Å². The molecule has 0 aromatic heterocycles. The summed E-state index contributed by atoms with van der Waals surface area (Å²) < 4.78 is 5.55. The van der Waals surface area contributed by atoms with Gasteiger partial charge in [0.25, 0.3) is 5.91 Å². The number of urea groups is 1. The average Bonchev–Trinajstić information content (AvgIpc) is 2.73. The van der Waals surface area contributed by atoms with Gasteiger partial charge in [0.05, 0.1) is 6.54 Å². The number of rotatable bonds is 6. The molecule has 1 aliphatic heterocycles. The lowest BCUT2D eigenvalue weighted by atomic mass is 9.98. The molecule has 30 heavy (non-hydrogen) atoms. The number of aryl methyl sites for hydroxylation is 1. The Labute approximate surface area is 182 Å². The zero-order valence-corrected chi connectivity index (χ0v) is 18.2. The molecule has 0 atom stereocenters. The number of ether oxygens (including phenoxy) is 1. The second-order valence-electron chi connectivity index (χ2n) is 7.69. The third kappa shape index (κ3) is 6.13. The van der Waals surface area contributed by atoms with Crippen molar-refractivity contribution in [2.75, 3.05) is 31.6 Å². The Bertz CT molecular complexity index is 895. The molecular weight excluding hydrogens is 402 g/mol. The number of anilines is 1. The molecular formula is C23H28ClN3O3. The SMILES string of the molecule is Cc1cc(C(=O)N2CCC(C)CC2)ccc1NC(=O)NCCOc1cccc(Cl)c1. The lowest BCUT2D eigenvalue weighted by Crippen LogP contribution is -2.38. The van der Waals surface area contributed by atoms with Gasteiger partial charge in [-0.25, -0.2) is 4.79 Å². The van der Waals surface area contributed by atoms with Gasteiger partial charge in [0.1, 0.15) is 12.4 Å². The predicted molar refractivity (Wildman–Crippen MR) is 119 cm³/mol. The van der Waals surface area contributed by atoms with Crippen LogP contribution in [0, 0.1) is 12.8 Å². The molecule has 0 saturated carbocycles. The van der Waals surface area contributed by atoms with Gasteiger partial charge >= 0.3 is 6.03 Å². The van der Waals surface area contributed by atoms with Gasteiger partial charge < -0.3 is 20.3 Å². The quantitative estimate of drug-likeness (QED) is 0.652. The molecule has 1 fully saturated rings. The molecule has 0 unspecified atom stereocenters. The lowest BCUT2D eigenvalue weighted by molar-refractivity contribution is 0.0697. The van der Waals surface area contributed by atoms with E-state index in [4.69, 9.17) is 16.3 Å². The molecule has 0 aliphatic carbocycles. The maximum atomic E-state index is 12.7. The number of hydrogen-bond acceptors (Lipinski definition) is 3. The van der Waals surface area contributed by atoms with Crippen molar-refractivity contribution in [3.05, 3.63) is 58.6 Å².